The Bertz CT molecular complexity index is 1320. The summed E-state index contributed by atoms with van der Waals surface area (Å²) in [5.41, 5.74) is 1.61. The summed E-state index contributed by atoms with van der Waals surface area (Å²) < 4.78 is 49.1. The first kappa shape index (κ1) is 22.6. The average molecular weight is 489 g/mol. The van der Waals surface area contributed by atoms with Crippen LogP contribution in [0.4, 0.5) is 19.1 Å². The zero-order chi connectivity index (χ0) is 23.7. The molecular weight excluding hydrogens is 469 g/mol. The summed E-state index contributed by atoms with van der Waals surface area (Å²) in [6.45, 7) is 2.48. The predicted molar refractivity (Wildman–Crippen MR) is 122 cm³/mol. The van der Waals surface area contributed by atoms with Crippen molar-refractivity contribution in [2.45, 2.75) is 19.2 Å². The van der Waals surface area contributed by atoms with E-state index in [2.05, 4.69) is 25.6 Å². The summed E-state index contributed by atoms with van der Waals surface area (Å²) in [5.74, 6) is -1.77. The van der Waals surface area contributed by atoms with Crippen molar-refractivity contribution in [2.24, 2.45) is 0 Å². The van der Waals surface area contributed by atoms with E-state index in [1.54, 1.807) is 10.6 Å². The van der Waals surface area contributed by atoms with Crippen LogP contribution in [-0.4, -0.2) is 45.3 Å². The Morgan fingerprint density at radius 2 is 2.00 bits per heavy atom. The fourth-order valence-corrected chi connectivity index (χ4v) is 4.10. The zero-order valence-corrected chi connectivity index (χ0v) is 18.6. The number of hydrogen-bond acceptors (Lipinski definition) is 6. The first-order valence-electron chi connectivity index (χ1n) is 10.7. The van der Waals surface area contributed by atoms with Gasteiger partial charge in [-0.25, -0.2) is 23.1 Å². The Balaban J connectivity index is 1.52. The van der Waals surface area contributed by atoms with Gasteiger partial charge in [-0.15, -0.1) is 0 Å². The molecule has 0 radical (unpaired) electrons. The molecule has 4 aromatic rings. The minimum absolute atomic E-state index is 0.169. The van der Waals surface area contributed by atoms with Gasteiger partial charge in [-0.2, -0.15) is 4.98 Å². The number of aromatic nitrogens is 4. The summed E-state index contributed by atoms with van der Waals surface area (Å²) in [6.07, 6.45) is 1.34. The zero-order valence-electron chi connectivity index (χ0n) is 17.9. The lowest BCUT2D eigenvalue weighted by atomic mass is 10.2. The Morgan fingerprint density at radius 3 is 2.76 bits per heavy atom. The first-order valence-corrected chi connectivity index (χ1v) is 11.0. The molecule has 1 atom stereocenters. The van der Waals surface area contributed by atoms with Gasteiger partial charge in [-0.1, -0.05) is 23.7 Å². The number of imidazole rings is 1. The van der Waals surface area contributed by atoms with Gasteiger partial charge in [0.15, 0.2) is 17.3 Å². The summed E-state index contributed by atoms with van der Waals surface area (Å²) in [4.78, 5) is 13.4. The normalized spacial score (nSPS) is 16.2. The fraction of sp³-hybridized carbons (Fsp3) is 0.261. The molecule has 1 aliphatic heterocycles. The predicted octanol–water partition coefficient (Wildman–Crippen LogP) is 4.16. The molecule has 0 bridgehead atoms. The van der Waals surface area contributed by atoms with Crippen molar-refractivity contribution in [3.63, 3.8) is 0 Å². The highest BCUT2D eigenvalue weighted by molar-refractivity contribution is 6.33. The summed E-state index contributed by atoms with van der Waals surface area (Å²) in [7, 11) is 0. The Labute approximate surface area is 198 Å². The average Bonchev–Trinajstić information content (AvgIpc) is 3.17. The molecule has 0 amide bonds. The fourth-order valence-electron chi connectivity index (χ4n) is 3.85. The highest BCUT2D eigenvalue weighted by Gasteiger charge is 2.23. The van der Waals surface area contributed by atoms with Crippen LogP contribution in [0.2, 0.25) is 5.02 Å². The van der Waals surface area contributed by atoms with Crippen LogP contribution in [-0.2, 0) is 17.8 Å². The number of nitrogens with zero attached hydrogens (tertiary/aromatic N) is 4. The van der Waals surface area contributed by atoms with Crippen LogP contribution in [0.15, 0.2) is 42.6 Å². The molecule has 34 heavy (non-hydrogen) atoms. The third-order valence-corrected chi connectivity index (χ3v) is 5.81. The molecule has 0 aliphatic carbocycles. The first-order chi connectivity index (χ1) is 16.5. The Morgan fingerprint density at radius 1 is 1.12 bits per heavy atom. The highest BCUT2D eigenvalue weighted by atomic mass is 35.5. The number of rotatable bonds is 6. The van der Waals surface area contributed by atoms with E-state index in [9.17, 15) is 13.2 Å². The largest absolute Gasteiger partial charge is 0.374 e. The molecule has 1 aliphatic rings. The van der Waals surface area contributed by atoms with Gasteiger partial charge in [0, 0.05) is 19.6 Å². The number of fused-ring (bicyclic) bond motifs is 1. The second-order valence-electron chi connectivity index (χ2n) is 7.84. The van der Waals surface area contributed by atoms with Crippen LogP contribution >= 0.6 is 11.6 Å². The monoisotopic (exact) mass is 488 g/mol. The van der Waals surface area contributed by atoms with Crippen molar-refractivity contribution < 1.29 is 17.9 Å². The lowest BCUT2D eigenvalue weighted by Gasteiger charge is -2.24. The summed E-state index contributed by atoms with van der Waals surface area (Å²) >= 11 is 6.34. The van der Waals surface area contributed by atoms with Gasteiger partial charge in [0.1, 0.15) is 17.2 Å². The van der Waals surface area contributed by atoms with Gasteiger partial charge in [0.25, 0.3) is 0 Å². The van der Waals surface area contributed by atoms with E-state index in [1.165, 1.54) is 24.4 Å². The van der Waals surface area contributed by atoms with Crippen LogP contribution in [0.25, 0.3) is 22.6 Å². The van der Waals surface area contributed by atoms with Gasteiger partial charge >= 0.3 is 0 Å². The van der Waals surface area contributed by atoms with Crippen LogP contribution < -0.4 is 10.6 Å². The topological polar surface area (TPSA) is 76.9 Å². The third-order valence-electron chi connectivity index (χ3n) is 5.50. The van der Waals surface area contributed by atoms with E-state index in [0.29, 0.717) is 42.2 Å². The van der Waals surface area contributed by atoms with Crippen LogP contribution in [0, 0.1) is 17.5 Å². The number of nitrogens with one attached hydrogen (secondary N) is 2. The van der Waals surface area contributed by atoms with E-state index in [0.717, 1.165) is 18.7 Å². The van der Waals surface area contributed by atoms with Gasteiger partial charge in [0.2, 0.25) is 5.95 Å². The molecule has 2 aromatic heterocycles. The van der Waals surface area contributed by atoms with Gasteiger partial charge in [0.05, 0.1) is 36.0 Å². The molecule has 11 heteroatoms. The number of halogens is 4. The number of morpholine rings is 1. The molecule has 0 saturated carbocycles. The van der Waals surface area contributed by atoms with E-state index in [-0.39, 0.29) is 29.2 Å². The van der Waals surface area contributed by atoms with Crippen molar-refractivity contribution in [2.75, 3.05) is 25.0 Å². The molecule has 0 spiro atoms. The van der Waals surface area contributed by atoms with Crippen molar-refractivity contribution in [3.05, 3.63) is 70.6 Å². The highest BCUT2D eigenvalue weighted by Crippen LogP contribution is 2.32. The Hall–Kier alpha value is -3.21. The molecular formula is C23H20ClF3N6O. The van der Waals surface area contributed by atoms with Crippen LogP contribution in [0.1, 0.15) is 5.56 Å². The molecule has 2 aromatic carbocycles. The molecule has 2 N–H and O–H groups in total. The maximum absolute atomic E-state index is 14.8. The molecule has 1 fully saturated rings. The molecule has 176 valence electrons. The van der Waals surface area contributed by atoms with Crippen LogP contribution in [0.3, 0.4) is 0 Å². The van der Waals surface area contributed by atoms with Crippen molar-refractivity contribution in [1.82, 2.24) is 24.8 Å². The van der Waals surface area contributed by atoms with Gasteiger partial charge < -0.3 is 19.9 Å². The quantitative estimate of drug-likeness (QED) is 0.424. The van der Waals surface area contributed by atoms with E-state index in [1.807, 2.05) is 0 Å². The van der Waals surface area contributed by atoms with Crippen molar-refractivity contribution in [1.29, 1.82) is 0 Å². The minimum Gasteiger partial charge on any atom is -0.374 e. The number of benzene rings is 2. The minimum atomic E-state index is -0.929. The lowest BCUT2D eigenvalue weighted by molar-refractivity contribution is 0.0190. The van der Waals surface area contributed by atoms with Gasteiger partial charge in [-0.05, 0) is 29.8 Å². The standard InChI is InChI=1S/C23H20ClF3N6O/c24-15-2-1-3-17(26)20(15)22-31-19-11-30-23(29-9-13-4-5-16(25)18(27)8-13)32-21(19)33(22)12-14-10-28-6-7-34-14/h1-5,8,11,14,28H,6-7,9-10,12H2,(H,29,30,32). The number of hydrogen-bond donors (Lipinski definition) is 2. The summed E-state index contributed by atoms with van der Waals surface area (Å²) in [6, 6.07) is 8.10. The number of ether oxygens (including phenoxy) is 1. The van der Waals surface area contributed by atoms with Crippen LogP contribution in [0.5, 0.6) is 0 Å². The van der Waals surface area contributed by atoms with Crippen molar-refractivity contribution >= 4 is 28.7 Å². The summed E-state index contributed by atoms with van der Waals surface area (Å²) in [5, 5.41) is 6.51. The smallest absolute Gasteiger partial charge is 0.225 e. The van der Waals surface area contributed by atoms with E-state index >= 15 is 0 Å². The maximum Gasteiger partial charge on any atom is 0.225 e. The van der Waals surface area contributed by atoms with E-state index < -0.39 is 17.5 Å². The molecule has 1 unspecified atom stereocenters. The second-order valence-corrected chi connectivity index (χ2v) is 8.25. The maximum atomic E-state index is 14.8. The Kier molecular flexibility index (Phi) is 6.36. The third kappa shape index (κ3) is 4.56. The molecule has 3 heterocycles. The molecule has 1 saturated heterocycles. The molecule has 7 nitrogen and oxygen atoms in total. The van der Waals surface area contributed by atoms with Gasteiger partial charge in [-0.3, -0.25) is 0 Å². The lowest BCUT2D eigenvalue weighted by Crippen LogP contribution is -2.40. The molecule has 5 rings (SSSR count). The second kappa shape index (κ2) is 9.57. The van der Waals surface area contributed by atoms with Crippen molar-refractivity contribution in [3.8, 4) is 11.4 Å². The SMILES string of the molecule is Fc1ccc(CNc2ncc3nc(-c4c(F)cccc4Cl)n(CC4CNCCO4)c3n2)cc1F. The van der Waals surface area contributed by atoms with E-state index in [4.69, 9.17) is 16.3 Å². The number of anilines is 1.